The number of thiophene rings is 1. The van der Waals surface area contributed by atoms with Gasteiger partial charge in [0.15, 0.2) is 0 Å². The van der Waals surface area contributed by atoms with Gasteiger partial charge >= 0.3 is 0 Å². The van der Waals surface area contributed by atoms with Crippen molar-refractivity contribution in [3.8, 4) is 17.2 Å². The minimum Gasteiger partial charge on any atom is -0.235 e. The van der Waals surface area contributed by atoms with Crippen LogP contribution in [-0.4, -0.2) is 4.98 Å². The average Bonchev–Trinajstić information content (AvgIpc) is 3.27. The maximum absolute atomic E-state index is 9.54. The van der Waals surface area contributed by atoms with E-state index in [-0.39, 0.29) is 0 Å². The summed E-state index contributed by atoms with van der Waals surface area (Å²) in [5, 5.41) is 12.4. The minimum absolute atomic E-state index is 0.609. The number of rotatable bonds is 3. The van der Waals surface area contributed by atoms with E-state index in [1.807, 2.05) is 48.5 Å². The van der Waals surface area contributed by atoms with E-state index in [0.717, 1.165) is 20.1 Å². The van der Waals surface area contributed by atoms with Crippen LogP contribution in [0.1, 0.15) is 9.88 Å². The molecule has 0 saturated heterocycles. The summed E-state index contributed by atoms with van der Waals surface area (Å²) in [6.45, 7) is 0. The number of nitrogens with zero attached hydrogens (tertiary/aromatic N) is 2. The Morgan fingerprint density at radius 3 is 2.58 bits per heavy atom. The first-order valence-electron chi connectivity index (χ1n) is 7.45. The predicted molar refractivity (Wildman–Crippen MR) is 103 cm³/mol. The largest absolute Gasteiger partial charge is 0.235 e. The lowest BCUT2D eigenvalue weighted by atomic mass is 10.1. The second-order valence-corrected chi connectivity index (χ2v) is 7.23. The Hall–Kier alpha value is -2.74. The highest BCUT2D eigenvalue weighted by molar-refractivity contribution is 7.19. The van der Waals surface area contributed by atoms with Crippen molar-refractivity contribution >= 4 is 44.5 Å². The zero-order valence-corrected chi connectivity index (χ0v) is 14.3. The lowest BCUT2D eigenvalue weighted by Crippen LogP contribution is -1.78. The Kier molecular flexibility index (Phi) is 3.96. The Bertz CT molecular complexity index is 1030. The van der Waals surface area contributed by atoms with Crippen molar-refractivity contribution in [1.82, 2.24) is 4.98 Å². The number of hydrogen-bond acceptors (Lipinski definition) is 4. The Morgan fingerprint density at radius 1 is 1.00 bits per heavy atom. The molecule has 0 aliphatic rings. The molecule has 0 radical (unpaired) electrons. The van der Waals surface area contributed by atoms with Crippen molar-refractivity contribution in [2.75, 3.05) is 0 Å². The SMILES string of the molecule is N#C/C(=C/c1cc(-c2ccccc2)cs1)c1nc2ccccc2s1. The van der Waals surface area contributed by atoms with Gasteiger partial charge in [-0.15, -0.1) is 22.7 Å². The molecule has 24 heavy (non-hydrogen) atoms. The molecule has 0 atom stereocenters. The molecule has 0 saturated carbocycles. The van der Waals surface area contributed by atoms with E-state index in [0.29, 0.717) is 5.57 Å². The van der Waals surface area contributed by atoms with Gasteiger partial charge in [0.05, 0.1) is 15.8 Å². The third-order valence-electron chi connectivity index (χ3n) is 3.66. The van der Waals surface area contributed by atoms with Crippen molar-refractivity contribution in [3.63, 3.8) is 0 Å². The first-order chi connectivity index (χ1) is 11.8. The topological polar surface area (TPSA) is 36.7 Å². The molecule has 114 valence electrons. The molecule has 0 fully saturated rings. The summed E-state index contributed by atoms with van der Waals surface area (Å²) in [6, 6.07) is 22.6. The number of para-hydroxylation sites is 1. The monoisotopic (exact) mass is 344 g/mol. The molecule has 0 unspecified atom stereocenters. The average molecular weight is 344 g/mol. The van der Waals surface area contributed by atoms with Crippen LogP contribution in [-0.2, 0) is 0 Å². The van der Waals surface area contributed by atoms with Crippen LogP contribution in [0.5, 0.6) is 0 Å². The maximum Gasteiger partial charge on any atom is 0.135 e. The molecule has 4 heteroatoms. The van der Waals surface area contributed by atoms with E-state index in [1.54, 1.807) is 22.7 Å². The number of hydrogen-bond donors (Lipinski definition) is 0. The molecule has 4 rings (SSSR count). The van der Waals surface area contributed by atoms with Gasteiger partial charge in [0, 0.05) is 4.88 Å². The second kappa shape index (κ2) is 6.40. The molecule has 0 aliphatic carbocycles. The molecule has 2 aromatic heterocycles. The van der Waals surface area contributed by atoms with E-state index in [4.69, 9.17) is 0 Å². The fourth-order valence-electron chi connectivity index (χ4n) is 2.48. The van der Waals surface area contributed by atoms with Gasteiger partial charge in [-0.25, -0.2) is 4.98 Å². The van der Waals surface area contributed by atoms with Crippen LogP contribution in [0.3, 0.4) is 0 Å². The molecule has 0 spiro atoms. The molecule has 4 aromatic rings. The number of aromatic nitrogens is 1. The highest BCUT2D eigenvalue weighted by Crippen LogP contribution is 2.31. The number of benzene rings is 2. The lowest BCUT2D eigenvalue weighted by molar-refractivity contribution is 1.44. The third kappa shape index (κ3) is 2.88. The molecule has 0 bridgehead atoms. The predicted octanol–water partition coefficient (Wildman–Crippen LogP) is 6.09. The fourth-order valence-corrected chi connectivity index (χ4v) is 4.26. The zero-order chi connectivity index (χ0) is 16.4. The summed E-state index contributed by atoms with van der Waals surface area (Å²) < 4.78 is 1.10. The molecule has 0 amide bonds. The van der Waals surface area contributed by atoms with Gasteiger partial charge in [-0.1, -0.05) is 42.5 Å². The third-order valence-corrected chi connectivity index (χ3v) is 5.61. The Morgan fingerprint density at radius 2 is 1.79 bits per heavy atom. The van der Waals surface area contributed by atoms with E-state index in [9.17, 15) is 5.26 Å². The lowest BCUT2D eigenvalue weighted by Gasteiger charge is -1.94. The van der Waals surface area contributed by atoms with Crippen LogP contribution >= 0.6 is 22.7 Å². The van der Waals surface area contributed by atoms with Crippen LogP contribution in [0.15, 0.2) is 66.0 Å². The smallest absolute Gasteiger partial charge is 0.135 e. The highest BCUT2D eigenvalue weighted by Gasteiger charge is 2.09. The summed E-state index contributed by atoms with van der Waals surface area (Å²) in [5.41, 5.74) is 3.91. The normalized spacial score (nSPS) is 11.5. The summed E-state index contributed by atoms with van der Waals surface area (Å²) in [5.74, 6) is 0. The van der Waals surface area contributed by atoms with Crippen LogP contribution in [0, 0.1) is 11.3 Å². The van der Waals surface area contributed by atoms with E-state index in [2.05, 4.69) is 34.6 Å². The minimum atomic E-state index is 0.609. The van der Waals surface area contributed by atoms with Crippen molar-refractivity contribution in [2.45, 2.75) is 0 Å². The quantitative estimate of drug-likeness (QED) is 0.422. The van der Waals surface area contributed by atoms with Gasteiger partial charge in [-0.3, -0.25) is 0 Å². The van der Waals surface area contributed by atoms with Crippen molar-refractivity contribution in [1.29, 1.82) is 5.26 Å². The van der Waals surface area contributed by atoms with Crippen molar-refractivity contribution < 1.29 is 0 Å². The number of fused-ring (bicyclic) bond motifs is 1. The standard InChI is InChI=1S/C20H12N2S2/c21-12-15(20-22-18-8-4-5-9-19(18)24-20)10-17-11-16(13-23-17)14-6-2-1-3-7-14/h1-11,13H/b15-10-. The zero-order valence-electron chi connectivity index (χ0n) is 12.6. The van der Waals surface area contributed by atoms with Gasteiger partial charge in [-0.05, 0) is 40.8 Å². The number of nitriles is 1. The van der Waals surface area contributed by atoms with Crippen molar-refractivity contribution in [3.05, 3.63) is 75.9 Å². The van der Waals surface area contributed by atoms with Crippen LogP contribution in [0.25, 0.3) is 33.0 Å². The molecule has 2 aromatic carbocycles. The first-order valence-corrected chi connectivity index (χ1v) is 9.15. The Balaban J connectivity index is 1.71. The van der Waals surface area contributed by atoms with Gasteiger partial charge in [0.25, 0.3) is 0 Å². The van der Waals surface area contributed by atoms with Crippen LogP contribution in [0.2, 0.25) is 0 Å². The molecule has 0 aliphatic heterocycles. The van der Waals surface area contributed by atoms with Gasteiger partial charge in [0.1, 0.15) is 11.1 Å². The maximum atomic E-state index is 9.54. The molecular formula is C20H12N2S2. The summed E-state index contributed by atoms with van der Waals surface area (Å²) in [4.78, 5) is 5.64. The van der Waals surface area contributed by atoms with E-state index >= 15 is 0 Å². The molecule has 2 nitrogen and oxygen atoms in total. The summed E-state index contributed by atoms with van der Waals surface area (Å²) in [7, 11) is 0. The second-order valence-electron chi connectivity index (χ2n) is 5.26. The number of thiazole rings is 1. The molecule has 0 N–H and O–H groups in total. The summed E-state index contributed by atoms with van der Waals surface area (Å²) >= 11 is 3.19. The molecule has 2 heterocycles. The number of allylic oxidation sites excluding steroid dienone is 1. The molecular weight excluding hydrogens is 332 g/mol. The summed E-state index contributed by atoms with van der Waals surface area (Å²) in [6.07, 6.45) is 1.93. The van der Waals surface area contributed by atoms with Gasteiger partial charge in [-0.2, -0.15) is 5.26 Å². The van der Waals surface area contributed by atoms with E-state index in [1.165, 1.54) is 11.1 Å². The van der Waals surface area contributed by atoms with Gasteiger partial charge in [0.2, 0.25) is 0 Å². The van der Waals surface area contributed by atoms with Crippen LogP contribution < -0.4 is 0 Å². The fraction of sp³-hybridized carbons (Fsp3) is 0. The highest BCUT2D eigenvalue weighted by atomic mass is 32.1. The van der Waals surface area contributed by atoms with Crippen molar-refractivity contribution in [2.24, 2.45) is 0 Å². The first kappa shape index (κ1) is 14.8. The van der Waals surface area contributed by atoms with E-state index < -0.39 is 0 Å². The van der Waals surface area contributed by atoms with Gasteiger partial charge < -0.3 is 0 Å². The Labute approximate surface area is 148 Å². The van der Waals surface area contributed by atoms with Crippen LogP contribution in [0.4, 0.5) is 0 Å².